The predicted octanol–water partition coefficient (Wildman–Crippen LogP) is -7.41. The van der Waals surface area contributed by atoms with E-state index >= 15 is 0 Å². The maximum atomic E-state index is 13.5. The molecule has 0 saturated carbocycles. The summed E-state index contributed by atoms with van der Waals surface area (Å²) < 4.78 is 0. The van der Waals surface area contributed by atoms with E-state index in [1.165, 1.54) is 12.5 Å². The van der Waals surface area contributed by atoms with Gasteiger partial charge in [-0.1, -0.05) is 27.7 Å². The Morgan fingerprint density at radius 3 is 1.50 bits per heavy atom. The minimum atomic E-state index is -1.74. The molecule has 0 spiro atoms. The molecule has 0 bridgehead atoms. The fraction of sp³-hybridized carbons (Fsp3) is 0.615. The van der Waals surface area contributed by atoms with Crippen LogP contribution in [0.4, 0.5) is 0 Å². The number of thiol groups is 3. The van der Waals surface area contributed by atoms with E-state index in [1.54, 1.807) is 27.7 Å². The first-order valence-corrected chi connectivity index (χ1v) is 23.4. The Bertz CT molecular complexity index is 2020. The third-order valence-corrected chi connectivity index (χ3v) is 11.0. The van der Waals surface area contributed by atoms with Crippen LogP contribution in [0.3, 0.4) is 0 Å². The molecule has 0 saturated heterocycles. The molecular formula is C39H64N14O14S3. The molecule has 1 rings (SSSR count). The molecule has 0 aromatic carbocycles. The number of rotatable bonds is 32. The van der Waals surface area contributed by atoms with Crippen LogP contribution in [0.1, 0.15) is 52.7 Å². The molecule has 9 atom stereocenters. The number of aliphatic carboxylic acids is 1. The molecule has 18 N–H and O–H groups in total. The number of primary amides is 2. The predicted molar refractivity (Wildman–Crippen MR) is 257 cm³/mol. The second-order valence-electron chi connectivity index (χ2n) is 16.2. The van der Waals surface area contributed by atoms with Crippen molar-refractivity contribution in [2.75, 3.05) is 30.4 Å². The van der Waals surface area contributed by atoms with E-state index < -0.39 is 168 Å². The number of H-pyrrole nitrogens is 1. The second kappa shape index (κ2) is 31.1. The van der Waals surface area contributed by atoms with Crippen LogP contribution in [0, 0.1) is 11.8 Å². The molecule has 0 aliphatic heterocycles. The van der Waals surface area contributed by atoms with Crippen LogP contribution in [-0.2, 0) is 64.0 Å². The Morgan fingerprint density at radius 2 is 1.06 bits per heavy atom. The summed E-state index contributed by atoms with van der Waals surface area (Å²) in [5.74, 6) is -13.9. The van der Waals surface area contributed by atoms with E-state index in [2.05, 4.69) is 95.7 Å². The van der Waals surface area contributed by atoms with Crippen LogP contribution in [0.15, 0.2) is 12.5 Å². The van der Waals surface area contributed by atoms with E-state index in [0.29, 0.717) is 0 Å². The third kappa shape index (κ3) is 21.6. The number of carbonyl (C=O) groups is 12. The van der Waals surface area contributed by atoms with Gasteiger partial charge in [-0.15, -0.1) is 0 Å². The van der Waals surface area contributed by atoms with Crippen LogP contribution in [0.25, 0.3) is 0 Å². The van der Waals surface area contributed by atoms with Crippen LogP contribution >= 0.6 is 37.9 Å². The van der Waals surface area contributed by atoms with Gasteiger partial charge in [0.1, 0.15) is 48.3 Å². The number of aromatic amines is 1. The van der Waals surface area contributed by atoms with Gasteiger partial charge in [0.25, 0.3) is 0 Å². The summed E-state index contributed by atoms with van der Waals surface area (Å²) in [6.45, 7) is 4.51. The number of nitrogens with zero attached hydrogens (tertiary/aromatic N) is 1. The Kier molecular flexibility index (Phi) is 27.5. The number of hydrogen-bond donors (Lipinski definition) is 18. The minimum Gasteiger partial charge on any atom is -0.480 e. The summed E-state index contributed by atoms with van der Waals surface area (Å²) in [6, 6.07) is -13.0. The minimum absolute atomic E-state index is 0.153. The summed E-state index contributed by atoms with van der Waals surface area (Å²) in [6.07, 6.45) is 1.29. The molecular weight excluding hydrogens is 985 g/mol. The lowest BCUT2D eigenvalue weighted by Crippen LogP contribution is -2.61. The van der Waals surface area contributed by atoms with Crippen molar-refractivity contribution in [3.05, 3.63) is 18.2 Å². The average molecular weight is 1050 g/mol. The molecule has 0 aliphatic carbocycles. The molecule has 70 heavy (non-hydrogen) atoms. The standard InChI is InChI=1S/C39H64N14O14S3/c1-16(2)29(38(65)51-25(14-70)37(64)53-30(17(3)4)39(66)67)52-28(57)10-44-32(59)22(11-54)48-35(62)23(12-68)50-36(63)24(13-69)49-34(61)21(8-27(42)56)47-33(60)20(7-18-9-43-15-45-18)46-31(58)19(40)5-6-26(41)55/h9,15-17,19-25,29-30,54,68-70H,5-8,10-14,40H2,1-4H3,(H2,41,55)(H2,42,56)(H,43,45)(H,44,59)(H,46,58)(H,47,60)(H,48,62)(H,49,61)(H,50,63)(H,51,65)(H,52,57)(H,53,64)(H,66,67)/t19-,20-,21-,22-,23-,24-,25-,29-,30-/m0/s1. The van der Waals surface area contributed by atoms with Crippen molar-refractivity contribution in [2.24, 2.45) is 29.0 Å². The van der Waals surface area contributed by atoms with Gasteiger partial charge in [0, 0.05) is 36.3 Å². The monoisotopic (exact) mass is 1050 g/mol. The highest BCUT2D eigenvalue weighted by molar-refractivity contribution is 7.80. The topological polar surface area (TPSA) is 460 Å². The zero-order valence-corrected chi connectivity index (χ0v) is 41.4. The Balaban J connectivity index is 3.00. The largest absolute Gasteiger partial charge is 0.480 e. The number of nitrogens with two attached hydrogens (primary N) is 3. The number of carboxylic acid groups (broad SMARTS) is 1. The second-order valence-corrected chi connectivity index (χ2v) is 17.3. The summed E-state index contributed by atoms with van der Waals surface area (Å²) in [5, 5.41) is 40.2. The van der Waals surface area contributed by atoms with E-state index in [-0.39, 0.29) is 30.7 Å². The Morgan fingerprint density at radius 1 is 0.600 bits per heavy atom. The first-order chi connectivity index (χ1) is 32.8. The first-order valence-electron chi connectivity index (χ1n) is 21.5. The zero-order valence-electron chi connectivity index (χ0n) is 38.7. The first kappa shape index (κ1) is 61.8. The van der Waals surface area contributed by atoms with Crippen molar-refractivity contribution in [1.82, 2.24) is 57.8 Å². The van der Waals surface area contributed by atoms with Gasteiger partial charge >= 0.3 is 5.97 Å². The van der Waals surface area contributed by atoms with Gasteiger partial charge in [0.15, 0.2) is 0 Å². The molecule has 28 nitrogen and oxygen atoms in total. The molecule has 11 amide bonds. The summed E-state index contributed by atoms with van der Waals surface area (Å²) in [4.78, 5) is 160. The number of carboxylic acids is 1. The number of nitrogens with one attached hydrogen (secondary N) is 10. The molecule has 392 valence electrons. The molecule has 0 aliphatic rings. The van der Waals surface area contributed by atoms with E-state index in [1.807, 2.05) is 0 Å². The lowest BCUT2D eigenvalue weighted by atomic mass is 10.0. The van der Waals surface area contributed by atoms with Gasteiger partial charge in [0.05, 0.1) is 37.6 Å². The van der Waals surface area contributed by atoms with E-state index in [4.69, 9.17) is 17.2 Å². The number of imidazole rings is 1. The quantitative estimate of drug-likeness (QED) is 0.0298. The third-order valence-electron chi connectivity index (χ3n) is 9.86. The van der Waals surface area contributed by atoms with Gasteiger partial charge in [-0.2, -0.15) is 37.9 Å². The molecule has 0 radical (unpaired) electrons. The number of carbonyl (C=O) groups excluding carboxylic acids is 11. The highest BCUT2D eigenvalue weighted by Gasteiger charge is 2.35. The smallest absolute Gasteiger partial charge is 0.326 e. The zero-order chi connectivity index (χ0) is 53.4. The van der Waals surface area contributed by atoms with Gasteiger partial charge in [0.2, 0.25) is 65.0 Å². The van der Waals surface area contributed by atoms with Crippen molar-refractivity contribution >= 4 is 109 Å². The van der Waals surface area contributed by atoms with Gasteiger partial charge in [-0.3, -0.25) is 52.7 Å². The molecule has 1 heterocycles. The molecule has 1 aromatic heterocycles. The Hall–Kier alpha value is -6.18. The highest BCUT2D eigenvalue weighted by atomic mass is 32.1. The highest BCUT2D eigenvalue weighted by Crippen LogP contribution is 2.07. The normalized spacial score (nSPS) is 14.9. The summed E-state index contributed by atoms with van der Waals surface area (Å²) >= 11 is 12.2. The van der Waals surface area contributed by atoms with Crippen LogP contribution in [0.5, 0.6) is 0 Å². The van der Waals surface area contributed by atoms with Crippen molar-refractivity contribution < 1.29 is 67.7 Å². The molecule has 0 unspecified atom stereocenters. The number of aromatic nitrogens is 2. The van der Waals surface area contributed by atoms with Crippen LogP contribution in [0.2, 0.25) is 0 Å². The summed E-state index contributed by atoms with van der Waals surface area (Å²) in [5.41, 5.74) is 16.6. The number of hydrogen-bond acceptors (Lipinski definition) is 18. The number of aliphatic hydroxyl groups excluding tert-OH is 1. The van der Waals surface area contributed by atoms with Gasteiger partial charge in [-0.05, 0) is 18.3 Å². The fourth-order valence-corrected chi connectivity index (χ4v) is 6.65. The van der Waals surface area contributed by atoms with Crippen molar-refractivity contribution in [2.45, 2.75) is 108 Å². The molecule has 0 fully saturated rings. The van der Waals surface area contributed by atoms with E-state index in [9.17, 15) is 67.7 Å². The van der Waals surface area contributed by atoms with Crippen molar-refractivity contribution in [3.8, 4) is 0 Å². The van der Waals surface area contributed by atoms with Crippen molar-refractivity contribution in [3.63, 3.8) is 0 Å². The molecule has 31 heteroatoms. The lowest BCUT2D eigenvalue weighted by Gasteiger charge is -2.26. The average Bonchev–Trinajstić information content (AvgIpc) is 3.81. The maximum absolute atomic E-state index is 13.5. The van der Waals surface area contributed by atoms with Crippen LogP contribution in [-0.4, -0.2) is 176 Å². The molecule has 1 aromatic rings. The maximum Gasteiger partial charge on any atom is 0.326 e. The van der Waals surface area contributed by atoms with Crippen LogP contribution < -0.4 is 65.1 Å². The lowest BCUT2D eigenvalue weighted by molar-refractivity contribution is -0.143. The van der Waals surface area contributed by atoms with Gasteiger partial charge < -0.3 is 80.2 Å². The van der Waals surface area contributed by atoms with Crippen molar-refractivity contribution in [1.29, 1.82) is 0 Å². The Labute approximate surface area is 418 Å². The SMILES string of the molecule is CC(C)[C@H](NC(=O)[C@H](CS)NC(=O)[C@@H](NC(=O)CNC(=O)[C@H](CO)NC(=O)[C@H](CS)NC(=O)[C@H](CS)NC(=O)[C@H](CC(N)=O)NC(=O)[C@H](Cc1c[nH]cn1)NC(=O)[C@@H](N)CCC(N)=O)C(C)C)C(=O)O. The number of amides is 11. The fourth-order valence-electron chi connectivity index (χ4n) is 5.88. The van der Waals surface area contributed by atoms with E-state index in [0.717, 1.165) is 0 Å². The summed E-state index contributed by atoms with van der Waals surface area (Å²) in [7, 11) is 0. The number of aliphatic hydroxyl groups is 1. The van der Waals surface area contributed by atoms with Gasteiger partial charge in [-0.25, -0.2) is 9.78 Å².